The third-order valence-corrected chi connectivity index (χ3v) is 1.92. The van der Waals surface area contributed by atoms with E-state index in [4.69, 9.17) is 0 Å². The van der Waals surface area contributed by atoms with Crippen molar-refractivity contribution in [1.82, 2.24) is 0 Å². The molecule has 0 aromatic heterocycles. The number of alkyl halides is 3. The van der Waals surface area contributed by atoms with E-state index in [0.717, 1.165) is 12.1 Å². The molecule has 0 aliphatic heterocycles. The van der Waals surface area contributed by atoms with Gasteiger partial charge in [0.2, 0.25) is 6.08 Å². The molecule has 16 heavy (non-hydrogen) atoms. The van der Waals surface area contributed by atoms with Gasteiger partial charge in [0, 0.05) is 0 Å². The van der Waals surface area contributed by atoms with Crippen molar-refractivity contribution in [1.29, 1.82) is 0 Å². The van der Waals surface area contributed by atoms with Crippen LogP contribution in [0.2, 0.25) is 0 Å². The quantitative estimate of drug-likeness (QED) is 0.448. The molecule has 6 heteroatoms. The van der Waals surface area contributed by atoms with Crippen molar-refractivity contribution < 1.29 is 22.4 Å². The van der Waals surface area contributed by atoms with E-state index in [1.54, 1.807) is 0 Å². The average molecular weight is 233 g/mol. The largest absolute Gasteiger partial charge is 0.419 e. The topological polar surface area (TPSA) is 29.4 Å². The molecule has 0 bridgehead atoms. The van der Waals surface area contributed by atoms with Crippen LogP contribution < -0.4 is 0 Å². The zero-order valence-corrected chi connectivity index (χ0v) is 8.01. The maximum Gasteiger partial charge on any atom is 0.419 e. The minimum atomic E-state index is -4.69. The highest BCUT2D eigenvalue weighted by atomic mass is 19.4. The lowest BCUT2D eigenvalue weighted by molar-refractivity contribution is -0.140. The zero-order chi connectivity index (χ0) is 12.2. The smallest absolute Gasteiger partial charge is 0.211 e. The lowest BCUT2D eigenvalue weighted by atomic mass is 10.1. The van der Waals surface area contributed by atoms with Gasteiger partial charge in [-0.25, -0.2) is 14.2 Å². The number of aliphatic imine (C=N–C) groups is 1. The van der Waals surface area contributed by atoms with Crippen LogP contribution in [0.15, 0.2) is 23.2 Å². The Hall–Kier alpha value is -1.68. The van der Waals surface area contributed by atoms with Crippen molar-refractivity contribution >= 4 is 6.08 Å². The molecule has 1 aromatic carbocycles. The lowest BCUT2D eigenvalue weighted by Crippen LogP contribution is -2.08. The van der Waals surface area contributed by atoms with Gasteiger partial charge in [-0.2, -0.15) is 13.2 Å². The normalized spacial score (nSPS) is 11.0. The standard InChI is InChI=1S/C10H7F4NO/c11-9-5-7(3-4-15-6-16)1-2-8(9)10(12,13)14/h1-2,5H,3-4H2. The Kier molecular flexibility index (Phi) is 3.79. The second-order valence-corrected chi connectivity index (χ2v) is 3.03. The number of nitrogens with zero attached hydrogens (tertiary/aromatic N) is 1. The fourth-order valence-corrected chi connectivity index (χ4v) is 1.17. The molecular weight excluding hydrogens is 226 g/mol. The van der Waals surface area contributed by atoms with Crippen LogP contribution >= 0.6 is 0 Å². The van der Waals surface area contributed by atoms with Crippen molar-refractivity contribution in [2.45, 2.75) is 12.6 Å². The van der Waals surface area contributed by atoms with E-state index in [9.17, 15) is 22.4 Å². The summed E-state index contributed by atoms with van der Waals surface area (Å²) in [5.41, 5.74) is -0.945. The van der Waals surface area contributed by atoms with Gasteiger partial charge in [0.15, 0.2) is 0 Å². The summed E-state index contributed by atoms with van der Waals surface area (Å²) in [5, 5.41) is 0. The van der Waals surface area contributed by atoms with Gasteiger partial charge in [-0.1, -0.05) is 6.07 Å². The first-order chi connectivity index (χ1) is 7.45. The van der Waals surface area contributed by atoms with Gasteiger partial charge in [0.25, 0.3) is 0 Å². The molecule has 0 amide bonds. The van der Waals surface area contributed by atoms with Gasteiger partial charge in [-0.15, -0.1) is 0 Å². The summed E-state index contributed by atoms with van der Waals surface area (Å²) in [6.07, 6.45) is -3.20. The molecule has 0 fully saturated rings. The fourth-order valence-electron chi connectivity index (χ4n) is 1.17. The van der Waals surface area contributed by atoms with Crippen LogP contribution in [0, 0.1) is 5.82 Å². The Balaban J connectivity index is 2.87. The highest BCUT2D eigenvalue weighted by Gasteiger charge is 2.33. The third-order valence-electron chi connectivity index (χ3n) is 1.92. The van der Waals surface area contributed by atoms with Crippen LogP contribution in [0.5, 0.6) is 0 Å². The predicted molar refractivity (Wildman–Crippen MR) is 48.1 cm³/mol. The van der Waals surface area contributed by atoms with Crippen LogP contribution in [0.25, 0.3) is 0 Å². The fraction of sp³-hybridized carbons (Fsp3) is 0.300. The summed E-state index contributed by atoms with van der Waals surface area (Å²) in [7, 11) is 0. The third kappa shape index (κ3) is 3.17. The zero-order valence-electron chi connectivity index (χ0n) is 8.01. The minimum absolute atomic E-state index is 0.0777. The Morgan fingerprint density at radius 1 is 1.31 bits per heavy atom. The molecule has 0 radical (unpaired) electrons. The molecule has 2 nitrogen and oxygen atoms in total. The first-order valence-corrected chi connectivity index (χ1v) is 4.34. The molecule has 0 spiro atoms. The van der Waals surface area contributed by atoms with Gasteiger partial charge in [0.05, 0.1) is 12.1 Å². The van der Waals surface area contributed by atoms with Gasteiger partial charge < -0.3 is 0 Å². The summed E-state index contributed by atoms with van der Waals surface area (Å²) in [6.45, 7) is 0.0777. The SMILES string of the molecule is O=C=NCCc1ccc(C(F)(F)F)c(F)c1. The van der Waals surface area contributed by atoms with Gasteiger partial charge in [-0.05, 0) is 24.1 Å². The number of carbonyl (C=O) groups excluding carboxylic acids is 1. The van der Waals surface area contributed by atoms with Crippen LogP contribution in [-0.4, -0.2) is 12.6 Å². The first-order valence-electron chi connectivity index (χ1n) is 4.34. The number of hydrogen-bond acceptors (Lipinski definition) is 2. The number of isocyanates is 1. The predicted octanol–water partition coefficient (Wildman–Crippen LogP) is 2.72. The van der Waals surface area contributed by atoms with Crippen molar-refractivity contribution in [3.8, 4) is 0 Å². The van der Waals surface area contributed by atoms with E-state index in [-0.39, 0.29) is 13.0 Å². The van der Waals surface area contributed by atoms with Crippen molar-refractivity contribution in [3.05, 3.63) is 35.1 Å². The molecule has 0 saturated carbocycles. The Morgan fingerprint density at radius 2 is 2.00 bits per heavy atom. The summed E-state index contributed by atoms with van der Waals surface area (Å²) in [4.78, 5) is 13.0. The lowest BCUT2D eigenvalue weighted by Gasteiger charge is -2.08. The second-order valence-electron chi connectivity index (χ2n) is 3.03. The highest BCUT2D eigenvalue weighted by Crippen LogP contribution is 2.31. The molecule has 0 saturated heterocycles. The maximum absolute atomic E-state index is 13.0. The molecule has 86 valence electrons. The summed E-state index contributed by atoms with van der Waals surface area (Å²) in [6, 6.07) is 2.63. The van der Waals surface area contributed by atoms with Crippen LogP contribution in [-0.2, 0) is 17.4 Å². The molecule has 1 aromatic rings. The van der Waals surface area contributed by atoms with E-state index < -0.39 is 17.6 Å². The van der Waals surface area contributed by atoms with Gasteiger partial charge >= 0.3 is 6.18 Å². The van der Waals surface area contributed by atoms with E-state index >= 15 is 0 Å². The monoisotopic (exact) mass is 233 g/mol. The van der Waals surface area contributed by atoms with Crippen molar-refractivity contribution in [3.63, 3.8) is 0 Å². The highest BCUT2D eigenvalue weighted by molar-refractivity contribution is 5.33. The van der Waals surface area contributed by atoms with E-state index in [2.05, 4.69) is 4.99 Å². The molecule has 0 aliphatic carbocycles. The molecule has 0 atom stereocenters. The van der Waals surface area contributed by atoms with Gasteiger partial charge in [-0.3, -0.25) is 0 Å². The first kappa shape index (κ1) is 12.4. The number of rotatable bonds is 3. The van der Waals surface area contributed by atoms with E-state index in [1.165, 1.54) is 6.08 Å². The summed E-state index contributed by atoms with van der Waals surface area (Å²) < 4.78 is 49.6. The van der Waals surface area contributed by atoms with E-state index in [1.807, 2.05) is 0 Å². The van der Waals surface area contributed by atoms with Crippen LogP contribution in [0.4, 0.5) is 17.6 Å². The second kappa shape index (κ2) is 4.90. The Labute approximate surface area is 88.6 Å². The van der Waals surface area contributed by atoms with Crippen LogP contribution in [0.3, 0.4) is 0 Å². The summed E-state index contributed by atoms with van der Waals surface area (Å²) in [5.74, 6) is -1.32. The maximum atomic E-state index is 13.0. The molecule has 0 unspecified atom stereocenters. The number of hydrogen-bond donors (Lipinski definition) is 0. The Morgan fingerprint density at radius 3 is 2.50 bits per heavy atom. The molecular formula is C10H7F4NO. The molecule has 1 rings (SSSR count). The molecule has 0 N–H and O–H groups in total. The van der Waals surface area contributed by atoms with Gasteiger partial charge in [0.1, 0.15) is 5.82 Å². The van der Waals surface area contributed by atoms with Crippen molar-refractivity contribution in [2.75, 3.05) is 6.54 Å². The van der Waals surface area contributed by atoms with Crippen molar-refractivity contribution in [2.24, 2.45) is 4.99 Å². The number of benzene rings is 1. The summed E-state index contributed by atoms with van der Waals surface area (Å²) >= 11 is 0. The van der Waals surface area contributed by atoms with E-state index in [0.29, 0.717) is 11.6 Å². The minimum Gasteiger partial charge on any atom is -0.211 e. The molecule has 0 heterocycles. The van der Waals surface area contributed by atoms with Crippen LogP contribution in [0.1, 0.15) is 11.1 Å². The number of halogens is 4. The average Bonchev–Trinajstić information content (AvgIpc) is 2.16. The Bertz CT molecular complexity index is 421. The molecule has 0 aliphatic rings.